The number of hydrogen-bond donors (Lipinski definition) is 2. The summed E-state index contributed by atoms with van der Waals surface area (Å²) in [4.78, 5) is 14.0. The van der Waals surface area contributed by atoms with Crippen LogP contribution in [0.4, 0.5) is 0 Å². The first-order valence-electron chi connectivity index (χ1n) is 5.75. The highest BCUT2D eigenvalue weighted by Crippen LogP contribution is 2.20. The minimum atomic E-state index is 0.0786. The molecule has 0 unspecified atom stereocenters. The number of carbonyl (C=O) groups is 1. The molecule has 2 heterocycles. The van der Waals surface area contributed by atoms with Crippen molar-refractivity contribution in [2.75, 3.05) is 13.1 Å². The molecule has 0 aliphatic carbocycles. The van der Waals surface area contributed by atoms with Gasteiger partial charge in [0, 0.05) is 17.5 Å². The van der Waals surface area contributed by atoms with Crippen LogP contribution in [-0.4, -0.2) is 25.0 Å². The Labute approximate surface area is 100 Å². The van der Waals surface area contributed by atoms with Gasteiger partial charge in [0.1, 0.15) is 0 Å². The fourth-order valence-electron chi connectivity index (χ4n) is 1.92. The van der Waals surface area contributed by atoms with Crippen LogP contribution in [0.15, 0.2) is 6.07 Å². The molecular formula is C12H18N2OS. The van der Waals surface area contributed by atoms with Gasteiger partial charge in [-0.3, -0.25) is 4.79 Å². The van der Waals surface area contributed by atoms with E-state index in [0.717, 1.165) is 30.8 Å². The molecule has 2 N–H and O–H groups in total. The van der Waals surface area contributed by atoms with E-state index < -0.39 is 0 Å². The molecule has 0 spiro atoms. The van der Waals surface area contributed by atoms with Crippen molar-refractivity contribution in [1.82, 2.24) is 10.6 Å². The average molecular weight is 238 g/mol. The summed E-state index contributed by atoms with van der Waals surface area (Å²) in [6, 6.07) is 2.27. The number of aryl methyl sites for hydroxylation is 2. The number of amides is 1. The zero-order valence-electron chi connectivity index (χ0n) is 9.80. The number of carbonyl (C=O) groups excluding carboxylic acids is 1. The molecule has 16 heavy (non-hydrogen) atoms. The standard InChI is InChI=1S/C12H18N2OS/c1-8-6-11(16-9(8)2)12(15)14-10-4-3-5-13-7-10/h6,10,13H,3-5,7H2,1-2H3,(H,14,15)/t10-/m1/s1. The van der Waals surface area contributed by atoms with Crippen LogP contribution in [-0.2, 0) is 0 Å². The van der Waals surface area contributed by atoms with Crippen LogP contribution in [0.5, 0.6) is 0 Å². The third-order valence-corrected chi connectivity index (χ3v) is 4.17. The first-order chi connectivity index (χ1) is 7.66. The summed E-state index contributed by atoms with van der Waals surface area (Å²) in [5.74, 6) is 0.0786. The van der Waals surface area contributed by atoms with Crippen molar-refractivity contribution >= 4 is 17.2 Å². The van der Waals surface area contributed by atoms with E-state index in [1.54, 1.807) is 11.3 Å². The fraction of sp³-hybridized carbons (Fsp3) is 0.583. The van der Waals surface area contributed by atoms with E-state index in [-0.39, 0.29) is 5.91 Å². The van der Waals surface area contributed by atoms with Crippen molar-refractivity contribution in [2.24, 2.45) is 0 Å². The predicted octanol–water partition coefficient (Wildman–Crippen LogP) is 1.85. The van der Waals surface area contributed by atoms with Crippen LogP contribution in [0.25, 0.3) is 0 Å². The molecule has 1 saturated heterocycles. The van der Waals surface area contributed by atoms with Crippen molar-refractivity contribution in [2.45, 2.75) is 32.7 Å². The monoisotopic (exact) mass is 238 g/mol. The van der Waals surface area contributed by atoms with E-state index in [1.807, 2.05) is 13.0 Å². The van der Waals surface area contributed by atoms with Crippen LogP contribution in [0, 0.1) is 13.8 Å². The molecule has 0 bridgehead atoms. The van der Waals surface area contributed by atoms with Gasteiger partial charge in [0.15, 0.2) is 0 Å². The van der Waals surface area contributed by atoms with Crippen molar-refractivity contribution in [1.29, 1.82) is 0 Å². The van der Waals surface area contributed by atoms with Crippen molar-refractivity contribution < 1.29 is 4.79 Å². The lowest BCUT2D eigenvalue weighted by atomic mass is 10.1. The Bertz CT molecular complexity index is 361. The molecular weight excluding hydrogens is 220 g/mol. The lowest BCUT2D eigenvalue weighted by molar-refractivity contribution is 0.0935. The van der Waals surface area contributed by atoms with Gasteiger partial charge in [-0.2, -0.15) is 0 Å². The molecule has 0 saturated carbocycles. The van der Waals surface area contributed by atoms with Gasteiger partial charge in [-0.15, -0.1) is 11.3 Å². The molecule has 4 heteroatoms. The van der Waals surface area contributed by atoms with Crippen LogP contribution < -0.4 is 10.6 Å². The Hall–Kier alpha value is -0.870. The van der Waals surface area contributed by atoms with Gasteiger partial charge in [-0.25, -0.2) is 0 Å². The van der Waals surface area contributed by atoms with E-state index in [9.17, 15) is 4.79 Å². The maximum atomic E-state index is 11.9. The molecule has 1 fully saturated rings. The Kier molecular flexibility index (Phi) is 3.61. The van der Waals surface area contributed by atoms with Crippen molar-refractivity contribution in [3.63, 3.8) is 0 Å². The molecule has 0 aromatic carbocycles. The topological polar surface area (TPSA) is 41.1 Å². The number of rotatable bonds is 2. The second-order valence-electron chi connectivity index (χ2n) is 4.37. The molecule has 1 atom stereocenters. The molecule has 1 aliphatic heterocycles. The van der Waals surface area contributed by atoms with Gasteiger partial charge in [0.05, 0.1) is 4.88 Å². The highest BCUT2D eigenvalue weighted by Gasteiger charge is 2.17. The highest BCUT2D eigenvalue weighted by atomic mass is 32.1. The van der Waals surface area contributed by atoms with E-state index in [0.29, 0.717) is 6.04 Å². The number of piperidine rings is 1. The predicted molar refractivity (Wildman–Crippen MR) is 67.2 cm³/mol. The van der Waals surface area contributed by atoms with E-state index >= 15 is 0 Å². The maximum Gasteiger partial charge on any atom is 0.261 e. The summed E-state index contributed by atoms with van der Waals surface area (Å²) in [7, 11) is 0. The molecule has 1 aromatic rings. The van der Waals surface area contributed by atoms with Crippen LogP contribution in [0.3, 0.4) is 0 Å². The Balaban J connectivity index is 1.96. The third kappa shape index (κ3) is 2.62. The van der Waals surface area contributed by atoms with Crippen LogP contribution in [0.2, 0.25) is 0 Å². The molecule has 88 valence electrons. The molecule has 0 radical (unpaired) electrons. The summed E-state index contributed by atoms with van der Waals surface area (Å²) in [5, 5.41) is 6.38. The Morgan fingerprint density at radius 1 is 1.56 bits per heavy atom. The van der Waals surface area contributed by atoms with Crippen LogP contribution in [0.1, 0.15) is 33.0 Å². The number of thiophene rings is 1. The highest BCUT2D eigenvalue weighted by molar-refractivity contribution is 7.14. The van der Waals surface area contributed by atoms with Gasteiger partial charge < -0.3 is 10.6 Å². The molecule has 3 nitrogen and oxygen atoms in total. The van der Waals surface area contributed by atoms with Gasteiger partial charge in [-0.1, -0.05) is 0 Å². The smallest absolute Gasteiger partial charge is 0.261 e. The molecule has 1 amide bonds. The van der Waals surface area contributed by atoms with Gasteiger partial charge in [0.25, 0.3) is 5.91 Å². The summed E-state index contributed by atoms with van der Waals surface area (Å²) in [5.41, 5.74) is 1.21. The van der Waals surface area contributed by atoms with Gasteiger partial charge in [0.2, 0.25) is 0 Å². The normalized spacial score (nSPS) is 20.8. The lowest BCUT2D eigenvalue weighted by Gasteiger charge is -2.23. The van der Waals surface area contributed by atoms with Crippen molar-refractivity contribution in [3.8, 4) is 0 Å². The van der Waals surface area contributed by atoms with E-state index in [1.165, 1.54) is 10.4 Å². The zero-order chi connectivity index (χ0) is 11.5. The first kappa shape index (κ1) is 11.6. The van der Waals surface area contributed by atoms with Gasteiger partial charge in [-0.05, 0) is 44.9 Å². The average Bonchev–Trinajstić information content (AvgIpc) is 2.61. The molecule has 1 aliphatic rings. The molecule has 2 rings (SSSR count). The second-order valence-corrected chi connectivity index (χ2v) is 5.62. The first-order valence-corrected chi connectivity index (χ1v) is 6.57. The van der Waals surface area contributed by atoms with E-state index in [2.05, 4.69) is 17.6 Å². The summed E-state index contributed by atoms with van der Waals surface area (Å²) < 4.78 is 0. The Morgan fingerprint density at radius 3 is 2.94 bits per heavy atom. The second kappa shape index (κ2) is 4.97. The third-order valence-electron chi connectivity index (χ3n) is 3.02. The number of nitrogens with one attached hydrogen (secondary N) is 2. The SMILES string of the molecule is Cc1cc(C(=O)N[C@@H]2CCCNC2)sc1C. The van der Waals surface area contributed by atoms with Crippen LogP contribution >= 0.6 is 11.3 Å². The fourth-order valence-corrected chi connectivity index (χ4v) is 2.85. The lowest BCUT2D eigenvalue weighted by Crippen LogP contribution is -2.45. The van der Waals surface area contributed by atoms with Gasteiger partial charge >= 0.3 is 0 Å². The minimum Gasteiger partial charge on any atom is -0.347 e. The summed E-state index contributed by atoms with van der Waals surface area (Å²) in [6.07, 6.45) is 2.23. The van der Waals surface area contributed by atoms with E-state index in [4.69, 9.17) is 0 Å². The van der Waals surface area contributed by atoms with Crippen molar-refractivity contribution in [3.05, 3.63) is 21.4 Å². The summed E-state index contributed by atoms with van der Waals surface area (Å²) >= 11 is 1.58. The number of hydrogen-bond acceptors (Lipinski definition) is 3. The largest absolute Gasteiger partial charge is 0.347 e. The Morgan fingerprint density at radius 2 is 2.38 bits per heavy atom. The zero-order valence-corrected chi connectivity index (χ0v) is 10.6. The summed E-state index contributed by atoms with van der Waals surface area (Å²) in [6.45, 7) is 6.07. The molecule has 1 aromatic heterocycles. The maximum absolute atomic E-state index is 11.9. The quantitative estimate of drug-likeness (QED) is 0.825. The minimum absolute atomic E-state index is 0.0786.